The SMILES string of the molecule is Cc1ccc(NC(=O)CN(C)C(=O)CC(C)N)cc1. The van der Waals surface area contributed by atoms with Crippen LogP contribution in [0.4, 0.5) is 5.69 Å². The lowest BCUT2D eigenvalue weighted by Gasteiger charge is -2.17. The van der Waals surface area contributed by atoms with Gasteiger partial charge in [0.05, 0.1) is 6.54 Å². The summed E-state index contributed by atoms with van der Waals surface area (Å²) in [6, 6.07) is 7.30. The first-order valence-electron chi connectivity index (χ1n) is 6.24. The summed E-state index contributed by atoms with van der Waals surface area (Å²) in [6.45, 7) is 3.77. The summed E-state index contributed by atoms with van der Waals surface area (Å²) in [7, 11) is 1.60. The van der Waals surface area contributed by atoms with Crippen molar-refractivity contribution in [2.75, 3.05) is 18.9 Å². The molecule has 0 saturated heterocycles. The van der Waals surface area contributed by atoms with Crippen LogP contribution in [0.5, 0.6) is 0 Å². The minimum absolute atomic E-state index is 0.0272. The number of nitrogens with two attached hydrogens (primary N) is 1. The number of carbonyl (C=O) groups excluding carboxylic acids is 2. The molecular weight excluding hydrogens is 242 g/mol. The fraction of sp³-hybridized carbons (Fsp3) is 0.429. The molecule has 0 heterocycles. The third kappa shape index (κ3) is 5.52. The average molecular weight is 263 g/mol. The largest absolute Gasteiger partial charge is 0.336 e. The molecule has 3 N–H and O–H groups in total. The molecule has 0 radical (unpaired) electrons. The average Bonchev–Trinajstić information content (AvgIpc) is 2.31. The Morgan fingerprint density at radius 3 is 2.42 bits per heavy atom. The molecular formula is C14H21N3O2. The van der Waals surface area contributed by atoms with Crippen molar-refractivity contribution in [1.29, 1.82) is 0 Å². The highest BCUT2D eigenvalue weighted by Crippen LogP contribution is 2.08. The quantitative estimate of drug-likeness (QED) is 0.836. The number of benzene rings is 1. The third-order valence-electron chi connectivity index (χ3n) is 2.64. The van der Waals surface area contributed by atoms with E-state index in [-0.39, 0.29) is 30.8 Å². The van der Waals surface area contributed by atoms with E-state index in [2.05, 4.69) is 5.32 Å². The van der Waals surface area contributed by atoms with Gasteiger partial charge < -0.3 is 16.0 Å². The van der Waals surface area contributed by atoms with E-state index < -0.39 is 0 Å². The van der Waals surface area contributed by atoms with Crippen LogP contribution in [0.25, 0.3) is 0 Å². The molecule has 0 aliphatic rings. The van der Waals surface area contributed by atoms with Crippen LogP contribution in [0, 0.1) is 6.92 Å². The maximum absolute atomic E-state index is 11.8. The predicted molar refractivity (Wildman–Crippen MR) is 75.7 cm³/mol. The van der Waals surface area contributed by atoms with Crippen molar-refractivity contribution in [3.8, 4) is 0 Å². The molecule has 19 heavy (non-hydrogen) atoms. The normalized spacial score (nSPS) is 11.8. The molecule has 104 valence electrons. The molecule has 0 saturated carbocycles. The predicted octanol–water partition coefficient (Wildman–Crippen LogP) is 1.13. The first kappa shape index (κ1) is 15.2. The zero-order chi connectivity index (χ0) is 14.4. The van der Waals surface area contributed by atoms with Crippen molar-refractivity contribution in [3.05, 3.63) is 29.8 Å². The number of carbonyl (C=O) groups is 2. The molecule has 1 unspecified atom stereocenters. The summed E-state index contributed by atoms with van der Waals surface area (Å²) in [4.78, 5) is 24.8. The summed E-state index contributed by atoms with van der Waals surface area (Å²) in [6.07, 6.45) is 0.244. The van der Waals surface area contributed by atoms with Gasteiger partial charge in [0, 0.05) is 25.2 Å². The van der Waals surface area contributed by atoms with E-state index >= 15 is 0 Å². The van der Waals surface area contributed by atoms with Gasteiger partial charge in [-0.3, -0.25) is 9.59 Å². The highest BCUT2D eigenvalue weighted by Gasteiger charge is 2.14. The zero-order valence-electron chi connectivity index (χ0n) is 11.6. The maximum atomic E-state index is 11.8. The summed E-state index contributed by atoms with van der Waals surface area (Å²) >= 11 is 0. The standard InChI is InChI=1S/C14H21N3O2/c1-10-4-6-12(7-5-10)16-13(18)9-17(3)14(19)8-11(2)15/h4-7,11H,8-9,15H2,1-3H3,(H,16,18). The summed E-state index contributed by atoms with van der Waals surface area (Å²) in [5.41, 5.74) is 7.40. The highest BCUT2D eigenvalue weighted by atomic mass is 16.2. The summed E-state index contributed by atoms with van der Waals surface area (Å²) < 4.78 is 0. The minimum atomic E-state index is -0.218. The van der Waals surface area contributed by atoms with Crippen molar-refractivity contribution in [2.45, 2.75) is 26.3 Å². The van der Waals surface area contributed by atoms with Crippen molar-refractivity contribution in [3.63, 3.8) is 0 Å². The molecule has 0 aromatic heterocycles. The van der Waals surface area contributed by atoms with E-state index in [0.717, 1.165) is 11.3 Å². The van der Waals surface area contributed by atoms with E-state index in [0.29, 0.717) is 0 Å². The van der Waals surface area contributed by atoms with Gasteiger partial charge in [-0.05, 0) is 26.0 Å². The van der Waals surface area contributed by atoms with Crippen molar-refractivity contribution < 1.29 is 9.59 Å². The van der Waals surface area contributed by atoms with Crippen LogP contribution in [0.1, 0.15) is 18.9 Å². The van der Waals surface area contributed by atoms with E-state index in [1.807, 2.05) is 31.2 Å². The van der Waals surface area contributed by atoms with Crippen LogP contribution in [-0.4, -0.2) is 36.3 Å². The highest BCUT2D eigenvalue weighted by molar-refractivity contribution is 5.94. The van der Waals surface area contributed by atoms with Gasteiger partial charge in [0.25, 0.3) is 0 Å². The second kappa shape index (κ2) is 6.89. The van der Waals surface area contributed by atoms with Gasteiger partial charge in [0.15, 0.2) is 0 Å². The number of nitrogens with one attached hydrogen (secondary N) is 1. The monoisotopic (exact) mass is 263 g/mol. The van der Waals surface area contributed by atoms with Gasteiger partial charge in [-0.25, -0.2) is 0 Å². The second-order valence-electron chi connectivity index (χ2n) is 4.85. The Bertz CT molecular complexity index is 441. The fourth-order valence-electron chi connectivity index (χ4n) is 1.57. The number of hydrogen-bond donors (Lipinski definition) is 2. The van der Waals surface area contributed by atoms with E-state index in [4.69, 9.17) is 5.73 Å². The van der Waals surface area contributed by atoms with Crippen LogP contribution in [0.3, 0.4) is 0 Å². The van der Waals surface area contributed by atoms with Gasteiger partial charge >= 0.3 is 0 Å². The van der Waals surface area contributed by atoms with Crippen molar-refractivity contribution in [2.24, 2.45) is 5.73 Å². The third-order valence-corrected chi connectivity index (χ3v) is 2.64. The molecule has 0 bridgehead atoms. The maximum Gasteiger partial charge on any atom is 0.243 e. The van der Waals surface area contributed by atoms with Gasteiger partial charge in [-0.1, -0.05) is 17.7 Å². The molecule has 0 aliphatic carbocycles. The molecule has 1 rings (SSSR count). The Labute approximate surface area is 113 Å². The lowest BCUT2D eigenvalue weighted by atomic mass is 10.2. The number of likely N-dealkylation sites (N-methyl/N-ethyl adjacent to an activating group) is 1. The Hall–Kier alpha value is -1.88. The van der Waals surface area contributed by atoms with Gasteiger partial charge in [-0.2, -0.15) is 0 Å². The topological polar surface area (TPSA) is 75.4 Å². The van der Waals surface area contributed by atoms with Crippen LogP contribution < -0.4 is 11.1 Å². The number of rotatable bonds is 5. The van der Waals surface area contributed by atoms with Gasteiger partial charge in [0.2, 0.25) is 11.8 Å². The zero-order valence-corrected chi connectivity index (χ0v) is 11.6. The van der Waals surface area contributed by atoms with Crippen molar-refractivity contribution >= 4 is 17.5 Å². The Balaban J connectivity index is 2.46. The molecule has 1 aromatic rings. The second-order valence-corrected chi connectivity index (χ2v) is 4.85. The number of hydrogen-bond acceptors (Lipinski definition) is 3. The van der Waals surface area contributed by atoms with Crippen LogP contribution in [-0.2, 0) is 9.59 Å². The molecule has 0 spiro atoms. The summed E-state index contributed by atoms with van der Waals surface area (Å²) in [5.74, 6) is -0.349. The summed E-state index contributed by atoms with van der Waals surface area (Å²) in [5, 5.41) is 2.74. The molecule has 5 nitrogen and oxygen atoms in total. The van der Waals surface area contributed by atoms with Crippen LogP contribution >= 0.6 is 0 Å². The van der Waals surface area contributed by atoms with E-state index in [1.165, 1.54) is 4.90 Å². The molecule has 2 amide bonds. The number of amides is 2. The van der Waals surface area contributed by atoms with Crippen LogP contribution in [0.2, 0.25) is 0 Å². The molecule has 0 aliphatic heterocycles. The smallest absolute Gasteiger partial charge is 0.243 e. The molecule has 1 aromatic carbocycles. The van der Waals surface area contributed by atoms with Crippen LogP contribution in [0.15, 0.2) is 24.3 Å². The van der Waals surface area contributed by atoms with E-state index in [9.17, 15) is 9.59 Å². The first-order valence-corrected chi connectivity index (χ1v) is 6.24. The lowest BCUT2D eigenvalue weighted by molar-refractivity contribution is -0.133. The Morgan fingerprint density at radius 2 is 1.89 bits per heavy atom. The molecule has 5 heteroatoms. The minimum Gasteiger partial charge on any atom is -0.336 e. The fourth-order valence-corrected chi connectivity index (χ4v) is 1.57. The van der Waals surface area contributed by atoms with Gasteiger partial charge in [-0.15, -0.1) is 0 Å². The number of nitrogens with zero attached hydrogens (tertiary/aromatic N) is 1. The Morgan fingerprint density at radius 1 is 1.32 bits per heavy atom. The van der Waals surface area contributed by atoms with Gasteiger partial charge in [0.1, 0.15) is 0 Å². The van der Waals surface area contributed by atoms with Crippen molar-refractivity contribution in [1.82, 2.24) is 4.90 Å². The lowest BCUT2D eigenvalue weighted by Crippen LogP contribution is -2.37. The number of anilines is 1. The van der Waals surface area contributed by atoms with E-state index in [1.54, 1.807) is 14.0 Å². The first-order chi connectivity index (χ1) is 8.88. The Kier molecular flexibility index (Phi) is 5.51. The number of aryl methyl sites for hydroxylation is 1. The molecule has 0 fully saturated rings. The molecule has 1 atom stereocenters.